The highest BCUT2D eigenvalue weighted by Crippen LogP contribution is 2.16. The number of hydrogen-bond donors (Lipinski definition) is 0. The van der Waals surface area contributed by atoms with E-state index in [1.165, 1.54) is 12.1 Å². The zero-order valence-corrected chi connectivity index (χ0v) is 14.7. The molecule has 0 saturated carbocycles. The van der Waals surface area contributed by atoms with Crippen LogP contribution in [0.4, 0.5) is 10.1 Å². The van der Waals surface area contributed by atoms with Gasteiger partial charge in [0.2, 0.25) is 0 Å². The second-order valence-corrected chi connectivity index (χ2v) is 6.24. The minimum Gasteiger partial charge on any atom is -0.452 e. The summed E-state index contributed by atoms with van der Waals surface area (Å²) < 4.78 is 18.6. The molecule has 136 valence electrons. The molecule has 3 rings (SSSR count). The first-order chi connectivity index (χ1) is 12.5. The molecule has 5 nitrogen and oxygen atoms in total. The van der Waals surface area contributed by atoms with Gasteiger partial charge in [-0.2, -0.15) is 0 Å². The monoisotopic (exact) mass is 356 g/mol. The first-order valence-electron chi connectivity index (χ1n) is 8.55. The summed E-state index contributed by atoms with van der Waals surface area (Å²) in [5.41, 5.74) is 1.69. The second kappa shape index (κ2) is 7.99. The number of amides is 1. The number of aryl methyl sites for hydroxylation is 1. The molecule has 26 heavy (non-hydrogen) atoms. The first kappa shape index (κ1) is 17.9. The number of hydrogen-bond acceptors (Lipinski definition) is 4. The molecule has 0 bridgehead atoms. The van der Waals surface area contributed by atoms with Crippen LogP contribution in [0, 0.1) is 12.7 Å². The number of halogens is 1. The maximum absolute atomic E-state index is 13.5. The molecule has 1 fully saturated rings. The molecule has 1 saturated heterocycles. The lowest BCUT2D eigenvalue weighted by Gasteiger charge is -2.36. The molecule has 0 aromatic heterocycles. The second-order valence-electron chi connectivity index (χ2n) is 6.24. The van der Waals surface area contributed by atoms with Crippen molar-refractivity contribution in [2.75, 3.05) is 37.7 Å². The van der Waals surface area contributed by atoms with Crippen molar-refractivity contribution in [2.45, 2.75) is 6.92 Å². The SMILES string of the molecule is Cc1ccc(C(=O)OCC(=O)N2CCN(c3ccccc3)CC2)cc1F. The predicted octanol–water partition coefficient (Wildman–Crippen LogP) is 2.64. The van der Waals surface area contributed by atoms with Crippen molar-refractivity contribution in [3.8, 4) is 0 Å². The third-order valence-corrected chi connectivity index (χ3v) is 4.49. The van der Waals surface area contributed by atoms with Crippen molar-refractivity contribution in [1.29, 1.82) is 0 Å². The van der Waals surface area contributed by atoms with E-state index in [1.807, 2.05) is 30.3 Å². The molecule has 1 heterocycles. The van der Waals surface area contributed by atoms with Crippen LogP contribution in [0.3, 0.4) is 0 Å². The summed E-state index contributed by atoms with van der Waals surface area (Å²) in [4.78, 5) is 28.1. The van der Waals surface area contributed by atoms with E-state index in [9.17, 15) is 14.0 Å². The number of anilines is 1. The Labute approximate surface area is 152 Å². The van der Waals surface area contributed by atoms with E-state index in [0.717, 1.165) is 24.8 Å². The number of para-hydroxylation sites is 1. The lowest BCUT2D eigenvalue weighted by atomic mass is 10.1. The summed E-state index contributed by atoms with van der Waals surface area (Å²) in [5, 5.41) is 0. The molecule has 6 heteroatoms. The fourth-order valence-electron chi connectivity index (χ4n) is 2.87. The molecule has 0 unspecified atom stereocenters. The minimum absolute atomic E-state index is 0.106. The van der Waals surface area contributed by atoms with E-state index in [0.29, 0.717) is 18.7 Å². The quantitative estimate of drug-likeness (QED) is 0.791. The standard InChI is InChI=1S/C20H21FN2O3/c1-15-7-8-16(13-18(15)21)20(25)26-14-19(24)23-11-9-22(10-12-23)17-5-3-2-4-6-17/h2-8,13H,9-12,14H2,1H3. The number of piperazine rings is 1. The van der Waals surface area contributed by atoms with Crippen LogP contribution in [0.5, 0.6) is 0 Å². The summed E-state index contributed by atoms with van der Waals surface area (Å²) in [5.74, 6) is -1.40. The highest BCUT2D eigenvalue weighted by molar-refractivity contribution is 5.91. The van der Waals surface area contributed by atoms with Gasteiger partial charge in [-0.15, -0.1) is 0 Å². The Morgan fingerprint density at radius 1 is 1.04 bits per heavy atom. The Morgan fingerprint density at radius 2 is 1.73 bits per heavy atom. The number of carbonyl (C=O) groups is 2. The molecule has 2 aromatic rings. The number of benzene rings is 2. The highest BCUT2D eigenvalue weighted by Gasteiger charge is 2.22. The normalized spacial score (nSPS) is 14.2. The van der Waals surface area contributed by atoms with Crippen molar-refractivity contribution in [1.82, 2.24) is 4.90 Å². The summed E-state index contributed by atoms with van der Waals surface area (Å²) in [7, 11) is 0. The third kappa shape index (κ3) is 4.20. The Hall–Kier alpha value is -2.89. The molecule has 1 amide bonds. The van der Waals surface area contributed by atoms with Gasteiger partial charge in [0.15, 0.2) is 6.61 Å². The number of carbonyl (C=O) groups excluding carboxylic acids is 2. The van der Waals surface area contributed by atoms with Crippen molar-refractivity contribution in [2.24, 2.45) is 0 Å². The van der Waals surface area contributed by atoms with Gasteiger partial charge in [-0.05, 0) is 36.8 Å². The summed E-state index contributed by atoms with van der Waals surface area (Å²) in [6, 6.07) is 14.2. The van der Waals surface area contributed by atoms with E-state index < -0.39 is 11.8 Å². The maximum atomic E-state index is 13.5. The fraction of sp³-hybridized carbons (Fsp3) is 0.300. The lowest BCUT2D eigenvalue weighted by molar-refractivity contribution is -0.134. The summed E-state index contributed by atoms with van der Waals surface area (Å²) in [6.45, 7) is 3.89. The van der Waals surface area contributed by atoms with Gasteiger partial charge in [-0.1, -0.05) is 24.3 Å². The minimum atomic E-state index is -0.694. The molecule has 0 atom stereocenters. The Kier molecular flexibility index (Phi) is 5.51. The van der Waals surface area contributed by atoms with Gasteiger partial charge in [0.25, 0.3) is 5.91 Å². The molecule has 1 aliphatic heterocycles. The van der Waals surface area contributed by atoms with Crippen molar-refractivity contribution >= 4 is 17.6 Å². The van der Waals surface area contributed by atoms with Crippen LogP contribution in [0.25, 0.3) is 0 Å². The number of rotatable bonds is 4. The van der Waals surface area contributed by atoms with Crippen LogP contribution in [-0.2, 0) is 9.53 Å². The number of nitrogens with zero attached hydrogens (tertiary/aromatic N) is 2. The molecular formula is C20H21FN2O3. The van der Waals surface area contributed by atoms with Crippen LogP contribution in [0.1, 0.15) is 15.9 Å². The lowest BCUT2D eigenvalue weighted by Crippen LogP contribution is -2.49. The molecule has 2 aromatic carbocycles. The van der Waals surface area contributed by atoms with Crippen molar-refractivity contribution < 1.29 is 18.7 Å². The van der Waals surface area contributed by atoms with E-state index in [1.54, 1.807) is 11.8 Å². The summed E-state index contributed by atoms with van der Waals surface area (Å²) in [6.07, 6.45) is 0. The first-order valence-corrected chi connectivity index (χ1v) is 8.55. The summed E-state index contributed by atoms with van der Waals surface area (Å²) >= 11 is 0. The average Bonchev–Trinajstić information content (AvgIpc) is 2.68. The molecule has 0 radical (unpaired) electrons. The zero-order chi connectivity index (χ0) is 18.5. The van der Waals surface area contributed by atoms with Crippen LogP contribution >= 0.6 is 0 Å². The van der Waals surface area contributed by atoms with E-state index in [2.05, 4.69) is 4.90 Å². The molecular weight excluding hydrogens is 335 g/mol. The third-order valence-electron chi connectivity index (χ3n) is 4.49. The van der Waals surface area contributed by atoms with Gasteiger partial charge < -0.3 is 14.5 Å². The van der Waals surface area contributed by atoms with Gasteiger partial charge in [0, 0.05) is 31.9 Å². The van der Waals surface area contributed by atoms with E-state index in [-0.39, 0.29) is 18.1 Å². The largest absolute Gasteiger partial charge is 0.452 e. The highest BCUT2D eigenvalue weighted by atomic mass is 19.1. The van der Waals surface area contributed by atoms with E-state index in [4.69, 9.17) is 4.74 Å². The Balaban J connectivity index is 1.48. The molecule has 0 N–H and O–H groups in total. The van der Waals surface area contributed by atoms with E-state index >= 15 is 0 Å². The van der Waals surface area contributed by atoms with Gasteiger partial charge in [-0.3, -0.25) is 4.79 Å². The molecule has 0 aliphatic carbocycles. The van der Waals surface area contributed by atoms with Crippen LogP contribution < -0.4 is 4.90 Å². The van der Waals surface area contributed by atoms with Crippen molar-refractivity contribution in [3.05, 3.63) is 65.5 Å². The van der Waals surface area contributed by atoms with Crippen molar-refractivity contribution in [3.63, 3.8) is 0 Å². The zero-order valence-electron chi connectivity index (χ0n) is 14.7. The van der Waals surface area contributed by atoms with Crippen LogP contribution in [0.15, 0.2) is 48.5 Å². The number of ether oxygens (including phenoxy) is 1. The van der Waals surface area contributed by atoms with Gasteiger partial charge in [-0.25, -0.2) is 9.18 Å². The van der Waals surface area contributed by atoms with Gasteiger partial charge in [0.1, 0.15) is 5.82 Å². The Bertz CT molecular complexity index is 787. The number of esters is 1. The topological polar surface area (TPSA) is 49.9 Å². The smallest absolute Gasteiger partial charge is 0.338 e. The Morgan fingerprint density at radius 3 is 2.38 bits per heavy atom. The van der Waals surface area contributed by atoms with Gasteiger partial charge >= 0.3 is 5.97 Å². The van der Waals surface area contributed by atoms with Crippen LogP contribution in [0.2, 0.25) is 0 Å². The predicted molar refractivity (Wildman–Crippen MR) is 96.7 cm³/mol. The molecule has 1 aliphatic rings. The van der Waals surface area contributed by atoms with Crippen LogP contribution in [-0.4, -0.2) is 49.6 Å². The maximum Gasteiger partial charge on any atom is 0.338 e. The average molecular weight is 356 g/mol. The molecule has 0 spiro atoms. The van der Waals surface area contributed by atoms with Gasteiger partial charge in [0.05, 0.1) is 5.56 Å². The fourth-order valence-corrected chi connectivity index (χ4v) is 2.87.